The number of nitrogens with zero attached hydrogens (tertiary/aromatic N) is 3. The number of aromatic nitrogens is 3. The Bertz CT molecular complexity index is 840. The Balaban J connectivity index is 1.62. The summed E-state index contributed by atoms with van der Waals surface area (Å²) in [6.45, 7) is 4.08. The van der Waals surface area contributed by atoms with E-state index >= 15 is 0 Å². The molecule has 3 rings (SSSR count). The van der Waals surface area contributed by atoms with Gasteiger partial charge in [0, 0.05) is 17.8 Å². The van der Waals surface area contributed by atoms with Gasteiger partial charge in [-0.15, -0.1) is 21.5 Å². The van der Waals surface area contributed by atoms with E-state index in [1.807, 2.05) is 18.5 Å². The molecule has 0 unspecified atom stereocenters. The molecule has 9 heteroatoms. The van der Waals surface area contributed by atoms with Crippen LogP contribution in [0.15, 0.2) is 11.2 Å². The number of carbonyl (C=O) groups is 2. The minimum atomic E-state index is -0.407. The monoisotopic (exact) mass is 422 g/mol. The van der Waals surface area contributed by atoms with Crippen LogP contribution in [0.5, 0.6) is 0 Å². The Morgan fingerprint density at radius 2 is 2.07 bits per heavy atom. The largest absolute Gasteiger partial charge is 0.462 e. The molecule has 1 N–H and O–H groups in total. The summed E-state index contributed by atoms with van der Waals surface area (Å²) < 4.78 is 7.09. The first-order valence-electron chi connectivity index (χ1n) is 9.65. The Kier molecular flexibility index (Phi) is 7.12. The van der Waals surface area contributed by atoms with Crippen LogP contribution >= 0.6 is 23.1 Å². The molecule has 1 saturated carbocycles. The number of ether oxygens (including phenoxy) is 1. The summed E-state index contributed by atoms with van der Waals surface area (Å²) in [6, 6.07) is 1.79. The van der Waals surface area contributed by atoms with Gasteiger partial charge in [-0.05, 0) is 32.3 Å². The van der Waals surface area contributed by atoms with Gasteiger partial charge in [0.25, 0.3) is 0 Å². The summed E-state index contributed by atoms with van der Waals surface area (Å²) in [7, 11) is 1.96. The van der Waals surface area contributed by atoms with Gasteiger partial charge in [-0.2, -0.15) is 0 Å². The van der Waals surface area contributed by atoms with Gasteiger partial charge >= 0.3 is 5.97 Å². The molecule has 0 aromatic carbocycles. The Labute approximate surface area is 173 Å². The topological polar surface area (TPSA) is 86.1 Å². The second-order valence-corrected chi connectivity index (χ2v) is 8.83. The number of hydrogen-bond donors (Lipinski definition) is 1. The molecule has 2 heterocycles. The number of thioether (sulfide) groups is 1. The van der Waals surface area contributed by atoms with Crippen LogP contribution in [0.3, 0.4) is 0 Å². The van der Waals surface area contributed by atoms with E-state index in [4.69, 9.17) is 4.74 Å². The van der Waals surface area contributed by atoms with Crippen LogP contribution < -0.4 is 5.32 Å². The molecular formula is C19H26N4O3S2. The molecule has 1 fully saturated rings. The fourth-order valence-electron chi connectivity index (χ4n) is 3.35. The standard InChI is InChI=1S/C19H26N4O3S2/c1-4-13-10-14(18(25)26-5-2)17(28-13)20-15(24)11-27-19-22-21-16(23(19)3)12-8-6-7-9-12/h10,12H,4-9,11H2,1-3H3,(H,20,24). The van der Waals surface area contributed by atoms with Gasteiger partial charge in [-0.3, -0.25) is 4.79 Å². The maximum atomic E-state index is 12.5. The summed E-state index contributed by atoms with van der Waals surface area (Å²) in [5, 5.41) is 12.7. The number of nitrogens with one attached hydrogen (secondary N) is 1. The van der Waals surface area contributed by atoms with Crippen LogP contribution in [0.25, 0.3) is 0 Å². The van der Waals surface area contributed by atoms with E-state index in [1.54, 1.807) is 13.0 Å². The zero-order valence-electron chi connectivity index (χ0n) is 16.5. The average molecular weight is 423 g/mol. The highest BCUT2D eigenvalue weighted by atomic mass is 32.2. The highest BCUT2D eigenvalue weighted by molar-refractivity contribution is 7.99. The first-order valence-corrected chi connectivity index (χ1v) is 11.4. The zero-order valence-corrected chi connectivity index (χ0v) is 18.1. The van der Waals surface area contributed by atoms with Crippen LogP contribution in [0.4, 0.5) is 5.00 Å². The first-order chi connectivity index (χ1) is 13.5. The maximum absolute atomic E-state index is 12.5. The Morgan fingerprint density at radius 1 is 1.32 bits per heavy atom. The van der Waals surface area contributed by atoms with Crippen molar-refractivity contribution in [3.8, 4) is 0 Å². The summed E-state index contributed by atoms with van der Waals surface area (Å²) in [6.07, 6.45) is 5.60. The fourth-order valence-corrected chi connectivity index (χ4v) is 5.07. The molecule has 0 atom stereocenters. The molecule has 1 amide bonds. The molecule has 0 bridgehead atoms. The predicted molar refractivity (Wildman–Crippen MR) is 111 cm³/mol. The summed E-state index contributed by atoms with van der Waals surface area (Å²) in [4.78, 5) is 25.6. The highest BCUT2D eigenvalue weighted by Crippen LogP contribution is 2.34. The number of thiophene rings is 1. The molecule has 0 radical (unpaired) electrons. The molecule has 152 valence electrons. The molecule has 0 aliphatic heterocycles. The van der Waals surface area contributed by atoms with Crippen LogP contribution in [0.1, 0.15) is 66.5 Å². The number of rotatable bonds is 8. The van der Waals surface area contributed by atoms with Gasteiger partial charge in [0.1, 0.15) is 10.8 Å². The van der Waals surface area contributed by atoms with Crippen LogP contribution in [0.2, 0.25) is 0 Å². The third kappa shape index (κ3) is 4.75. The van der Waals surface area contributed by atoms with E-state index in [-0.39, 0.29) is 11.7 Å². The third-order valence-electron chi connectivity index (χ3n) is 4.80. The van der Waals surface area contributed by atoms with Crippen molar-refractivity contribution < 1.29 is 14.3 Å². The van der Waals surface area contributed by atoms with Crippen LogP contribution in [-0.4, -0.2) is 39.0 Å². The lowest BCUT2D eigenvalue weighted by molar-refractivity contribution is -0.113. The zero-order chi connectivity index (χ0) is 20.1. The van der Waals surface area contributed by atoms with E-state index in [2.05, 4.69) is 15.5 Å². The van der Waals surface area contributed by atoms with E-state index < -0.39 is 5.97 Å². The van der Waals surface area contributed by atoms with Crippen molar-refractivity contribution in [2.45, 2.75) is 57.0 Å². The fraction of sp³-hybridized carbons (Fsp3) is 0.579. The minimum absolute atomic E-state index is 0.175. The van der Waals surface area contributed by atoms with Gasteiger partial charge < -0.3 is 14.6 Å². The molecule has 1 aliphatic carbocycles. The summed E-state index contributed by atoms with van der Waals surface area (Å²) >= 11 is 2.77. The van der Waals surface area contributed by atoms with Crippen molar-refractivity contribution in [2.24, 2.45) is 7.05 Å². The predicted octanol–water partition coefficient (Wildman–Crippen LogP) is 4.00. The van der Waals surface area contributed by atoms with E-state index in [0.29, 0.717) is 23.1 Å². The molecular weight excluding hydrogens is 396 g/mol. The molecule has 28 heavy (non-hydrogen) atoms. The number of hydrogen-bond acceptors (Lipinski definition) is 7. The van der Waals surface area contributed by atoms with E-state index in [1.165, 1.54) is 35.9 Å². The molecule has 2 aromatic heterocycles. The van der Waals surface area contributed by atoms with Crippen molar-refractivity contribution in [3.05, 3.63) is 22.3 Å². The van der Waals surface area contributed by atoms with Gasteiger partial charge in [-0.1, -0.05) is 31.5 Å². The number of aryl methyl sites for hydroxylation is 1. The molecule has 1 aliphatic rings. The Morgan fingerprint density at radius 3 is 2.75 bits per heavy atom. The Hall–Kier alpha value is -1.87. The van der Waals surface area contributed by atoms with Gasteiger partial charge in [0.2, 0.25) is 5.91 Å². The lowest BCUT2D eigenvalue weighted by Gasteiger charge is -2.09. The third-order valence-corrected chi connectivity index (χ3v) is 7.02. The summed E-state index contributed by atoms with van der Waals surface area (Å²) in [5.74, 6) is 1.11. The van der Waals surface area contributed by atoms with Crippen molar-refractivity contribution >= 4 is 40.0 Å². The van der Waals surface area contributed by atoms with Crippen LogP contribution in [-0.2, 0) is 23.0 Å². The molecule has 0 spiro atoms. The summed E-state index contributed by atoms with van der Waals surface area (Å²) in [5.41, 5.74) is 0.421. The number of amides is 1. The number of esters is 1. The molecule has 7 nitrogen and oxygen atoms in total. The first kappa shape index (κ1) is 20.9. The van der Waals surface area contributed by atoms with Crippen molar-refractivity contribution in [1.29, 1.82) is 0 Å². The maximum Gasteiger partial charge on any atom is 0.341 e. The van der Waals surface area contributed by atoms with Gasteiger partial charge in [-0.25, -0.2) is 4.79 Å². The number of carbonyl (C=O) groups excluding carboxylic acids is 2. The van der Waals surface area contributed by atoms with Crippen LogP contribution in [0, 0.1) is 0 Å². The van der Waals surface area contributed by atoms with Gasteiger partial charge in [0.05, 0.1) is 17.9 Å². The molecule has 0 saturated heterocycles. The highest BCUT2D eigenvalue weighted by Gasteiger charge is 2.24. The van der Waals surface area contributed by atoms with E-state index in [9.17, 15) is 9.59 Å². The molecule has 2 aromatic rings. The average Bonchev–Trinajstić information content (AvgIpc) is 3.40. The number of anilines is 1. The smallest absolute Gasteiger partial charge is 0.341 e. The normalized spacial score (nSPS) is 14.4. The lowest BCUT2D eigenvalue weighted by Crippen LogP contribution is -2.16. The van der Waals surface area contributed by atoms with Crippen molar-refractivity contribution in [3.63, 3.8) is 0 Å². The second-order valence-electron chi connectivity index (χ2n) is 6.75. The quantitative estimate of drug-likeness (QED) is 0.511. The van der Waals surface area contributed by atoms with Crippen molar-refractivity contribution in [2.75, 3.05) is 17.7 Å². The van der Waals surface area contributed by atoms with Gasteiger partial charge in [0.15, 0.2) is 5.16 Å². The van der Waals surface area contributed by atoms with Crippen molar-refractivity contribution in [1.82, 2.24) is 14.8 Å². The van der Waals surface area contributed by atoms with E-state index in [0.717, 1.165) is 35.1 Å². The lowest BCUT2D eigenvalue weighted by atomic mass is 10.1. The SMILES string of the molecule is CCOC(=O)c1cc(CC)sc1NC(=O)CSc1nnc(C2CCCC2)n1C. The second kappa shape index (κ2) is 9.56. The minimum Gasteiger partial charge on any atom is -0.462 e.